The van der Waals surface area contributed by atoms with Crippen LogP contribution in [0.2, 0.25) is 0 Å². The maximum absolute atomic E-state index is 2.70. The van der Waals surface area contributed by atoms with Gasteiger partial charge in [-0.15, -0.1) is 0 Å². The number of nitrogens with zero attached hydrogens (tertiary/aromatic N) is 2. The highest BCUT2D eigenvalue weighted by molar-refractivity contribution is 4.82. The number of rotatable bonds is 9. The molecule has 19 heavy (non-hydrogen) atoms. The SMILES string of the molecule is CCCCCCCCCCN1CC(C)N(C)CC1C. The molecule has 0 saturated carbocycles. The Kier molecular flexibility index (Phi) is 8.72. The van der Waals surface area contributed by atoms with E-state index >= 15 is 0 Å². The molecule has 2 nitrogen and oxygen atoms in total. The van der Waals surface area contributed by atoms with Crippen LogP contribution in [-0.2, 0) is 0 Å². The summed E-state index contributed by atoms with van der Waals surface area (Å²) < 4.78 is 0. The zero-order valence-corrected chi connectivity index (χ0v) is 13.8. The summed E-state index contributed by atoms with van der Waals surface area (Å²) in [5.41, 5.74) is 0. The van der Waals surface area contributed by atoms with Gasteiger partial charge in [-0.05, 0) is 33.9 Å². The highest BCUT2D eigenvalue weighted by atomic mass is 15.3. The summed E-state index contributed by atoms with van der Waals surface area (Å²) in [6.45, 7) is 10.8. The Labute approximate surface area is 121 Å². The topological polar surface area (TPSA) is 6.48 Å². The van der Waals surface area contributed by atoms with E-state index in [1.165, 1.54) is 71.0 Å². The first-order chi connectivity index (χ1) is 9.15. The molecule has 1 saturated heterocycles. The fourth-order valence-electron chi connectivity index (χ4n) is 3.13. The van der Waals surface area contributed by atoms with E-state index in [-0.39, 0.29) is 0 Å². The van der Waals surface area contributed by atoms with E-state index in [0.717, 1.165) is 12.1 Å². The molecule has 1 heterocycles. The van der Waals surface area contributed by atoms with Crippen LogP contribution in [0.15, 0.2) is 0 Å². The Morgan fingerprint density at radius 3 is 2.00 bits per heavy atom. The van der Waals surface area contributed by atoms with Crippen LogP contribution in [0.5, 0.6) is 0 Å². The Bertz CT molecular complexity index is 217. The molecule has 0 radical (unpaired) electrons. The highest BCUT2D eigenvalue weighted by Gasteiger charge is 2.25. The van der Waals surface area contributed by atoms with Crippen molar-refractivity contribution in [1.29, 1.82) is 0 Å². The third-order valence-corrected chi connectivity index (χ3v) is 4.73. The monoisotopic (exact) mass is 268 g/mol. The van der Waals surface area contributed by atoms with Gasteiger partial charge < -0.3 is 4.90 Å². The quantitative estimate of drug-likeness (QED) is 0.580. The number of hydrogen-bond donors (Lipinski definition) is 0. The standard InChI is InChI=1S/C17H36N2/c1-5-6-7-8-9-10-11-12-13-19-15-16(2)18(4)14-17(19)3/h16-17H,5-15H2,1-4H3. The van der Waals surface area contributed by atoms with E-state index in [0.29, 0.717) is 0 Å². The number of likely N-dealkylation sites (N-methyl/N-ethyl adjacent to an activating group) is 1. The van der Waals surface area contributed by atoms with E-state index in [2.05, 4.69) is 37.6 Å². The van der Waals surface area contributed by atoms with Crippen molar-refractivity contribution in [2.24, 2.45) is 0 Å². The Hall–Kier alpha value is -0.0800. The van der Waals surface area contributed by atoms with Gasteiger partial charge in [0, 0.05) is 25.2 Å². The molecule has 0 N–H and O–H groups in total. The molecule has 0 bridgehead atoms. The lowest BCUT2D eigenvalue weighted by Crippen LogP contribution is -2.54. The summed E-state index contributed by atoms with van der Waals surface area (Å²) in [7, 11) is 2.26. The average molecular weight is 268 g/mol. The van der Waals surface area contributed by atoms with Crippen molar-refractivity contribution >= 4 is 0 Å². The van der Waals surface area contributed by atoms with Crippen molar-refractivity contribution in [3.8, 4) is 0 Å². The molecule has 1 rings (SSSR count). The molecule has 0 aliphatic carbocycles. The van der Waals surface area contributed by atoms with Crippen molar-refractivity contribution in [2.45, 2.75) is 84.2 Å². The summed E-state index contributed by atoms with van der Waals surface area (Å²) in [6.07, 6.45) is 11.4. The number of hydrogen-bond acceptors (Lipinski definition) is 2. The predicted octanol–water partition coefficient (Wildman–Crippen LogP) is 4.15. The molecule has 0 aromatic carbocycles. The summed E-state index contributed by atoms with van der Waals surface area (Å²) >= 11 is 0. The van der Waals surface area contributed by atoms with Crippen molar-refractivity contribution in [1.82, 2.24) is 9.80 Å². The van der Waals surface area contributed by atoms with Gasteiger partial charge >= 0.3 is 0 Å². The van der Waals surface area contributed by atoms with Gasteiger partial charge in [-0.3, -0.25) is 4.90 Å². The van der Waals surface area contributed by atoms with E-state index in [9.17, 15) is 0 Å². The maximum Gasteiger partial charge on any atom is 0.0195 e. The summed E-state index contributed by atoms with van der Waals surface area (Å²) in [5.74, 6) is 0. The molecule has 1 fully saturated rings. The van der Waals surface area contributed by atoms with Crippen molar-refractivity contribution < 1.29 is 0 Å². The third kappa shape index (κ3) is 6.76. The smallest absolute Gasteiger partial charge is 0.0195 e. The lowest BCUT2D eigenvalue weighted by atomic mass is 10.1. The molecule has 0 spiro atoms. The Balaban J connectivity index is 2.00. The van der Waals surface area contributed by atoms with Crippen LogP contribution in [0.25, 0.3) is 0 Å². The highest BCUT2D eigenvalue weighted by Crippen LogP contribution is 2.15. The van der Waals surface area contributed by atoms with Gasteiger partial charge in [0.05, 0.1) is 0 Å². The van der Waals surface area contributed by atoms with Crippen LogP contribution in [0.1, 0.15) is 72.1 Å². The van der Waals surface area contributed by atoms with E-state index in [1.807, 2.05) is 0 Å². The van der Waals surface area contributed by atoms with E-state index in [1.54, 1.807) is 0 Å². The summed E-state index contributed by atoms with van der Waals surface area (Å²) in [6, 6.07) is 1.47. The van der Waals surface area contributed by atoms with Crippen molar-refractivity contribution in [3.05, 3.63) is 0 Å². The first-order valence-corrected chi connectivity index (χ1v) is 8.59. The molecule has 2 atom stereocenters. The zero-order valence-electron chi connectivity index (χ0n) is 13.8. The van der Waals surface area contributed by atoms with Gasteiger partial charge in [-0.1, -0.05) is 51.9 Å². The second-order valence-electron chi connectivity index (χ2n) is 6.61. The minimum atomic E-state index is 0.727. The van der Waals surface area contributed by atoms with Gasteiger partial charge in [0.1, 0.15) is 0 Å². The summed E-state index contributed by atoms with van der Waals surface area (Å²) in [4.78, 5) is 5.19. The molecule has 2 unspecified atom stereocenters. The predicted molar refractivity (Wildman–Crippen MR) is 85.7 cm³/mol. The Morgan fingerprint density at radius 1 is 0.789 bits per heavy atom. The Morgan fingerprint density at radius 2 is 1.37 bits per heavy atom. The number of unbranched alkanes of at least 4 members (excludes halogenated alkanes) is 7. The molecule has 1 aliphatic rings. The van der Waals surface area contributed by atoms with Gasteiger partial charge in [0.2, 0.25) is 0 Å². The van der Waals surface area contributed by atoms with Crippen LogP contribution in [-0.4, -0.2) is 48.6 Å². The van der Waals surface area contributed by atoms with Gasteiger partial charge in [-0.25, -0.2) is 0 Å². The normalized spacial score (nSPS) is 25.9. The molecule has 2 heteroatoms. The lowest BCUT2D eigenvalue weighted by molar-refractivity contribution is 0.0588. The first kappa shape index (κ1) is 17.0. The first-order valence-electron chi connectivity index (χ1n) is 8.59. The van der Waals surface area contributed by atoms with Crippen LogP contribution >= 0.6 is 0 Å². The van der Waals surface area contributed by atoms with Crippen LogP contribution in [0.3, 0.4) is 0 Å². The lowest BCUT2D eigenvalue weighted by Gasteiger charge is -2.42. The van der Waals surface area contributed by atoms with E-state index < -0.39 is 0 Å². The zero-order chi connectivity index (χ0) is 14.1. The second-order valence-corrected chi connectivity index (χ2v) is 6.61. The van der Waals surface area contributed by atoms with Crippen LogP contribution < -0.4 is 0 Å². The van der Waals surface area contributed by atoms with Gasteiger partial charge in [0.25, 0.3) is 0 Å². The second kappa shape index (κ2) is 9.77. The number of piperazine rings is 1. The summed E-state index contributed by atoms with van der Waals surface area (Å²) in [5, 5.41) is 0. The minimum absolute atomic E-state index is 0.727. The largest absolute Gasteiger partial charge is 0.301 e. The van der Waals surface area contributed by atoms with Crippen LogP contribution in [0, 0.1) is 0 Å². The van der Waals surface area contributed by atoms with Crippen molar-refractivity contribution in [2.75, 3.05) is 26.7 Å². The molecular formula is C17H36N2. The molecule has 0 aromatic rings. The average Bonchev–Trinajstić information content (AvgIpc) is 2.38. The molecule has 1 aliphatic heterocycles. The third-order valence-electron chi connectivity index (χ3n) is 4.73. The van der Waals surface area contributed by atoms with E-state index in [4.69, 9.17) is 0 Å². The van der Waals surface area contributed by atoms with Crippen molar-refractivity contribution in [3.63, 3.8) is 0 Å². The van der Waals surface area contributed by atoms with Crippen LogP contribution in [0.4, 0.5) is 0 Å². The molecular weight excluding hydrogens is 232 g/mol. The fourth-order valence-corrected chi connectivity index (χ4v) is 3.13. The fraction of sp³-hybridized carbons (Fsp3) is 1.00. The molecule has 114 valence electrons. The minimum Gasteiger partial charge on any atom is -0.301 e. The maximum atomic E-state index is 2.70. The molecule has 0 amide bonds. The van der Waals surface area contributed by atoms with Gasteiger partial charge in [-0.2, -0.15) is 0 Å². The van der Waals surface area contributed by atoms with Gasteiger partial charge in [0.15, 0.2) is 0 Å². The molecule has 0 aromatic heterocycles.